The minimum atomic E-state index is -1.09. The average molecular weight is 554 g/mol. The molecule has 1 aliphatic heterocycles. The normalized spacial score (nSPS) is 18.1. The van der Waals surface area contributed by atoms with Gasteiger partial charge in [0.2, 0.25) is 0 Å². The summed E-state index contributed by atoms with van der Waals surface area (Å²) in [7, 11) is 4.71. The summed E-state index contributed by atoms with van der Waals surface area (Å²) in [6.07, 6.45) is 0.460. The van der Waals surface area contributed by atoms with Gasteiger partial charge in [-0.25, -0.2) is 13.6 Å². The van der Waals surface area contributed by atoms with Crippen LogP contribution in [0.5, 0.6) is 0 Å². The zero-order valence-electron chi connectivity index (χ0n) is 21.6. The second-order valence-corrected chi connectivity index (χ2v) is 10.4. The number of halogens is 3. The van der Waals surface area contributed by atoms with Crippen LogP contribution < -0.4 is 15.1 Å². The molecule has 3 aromatic rings. The van der Waals surface area contributed by atoms with Crippen molar-refractivity contribution in [2.24, 2.45) is 0 Å². The van der Waals surface area contributed by atoms with Crippen molar-refractivity contribution in [1.29, 1.82) is 0 Å². The molecule has 1 heterocycles. The summed E-state index contributed by atoms with van der Waals surface area (Å²) >= 11 is 6.00. The molecule has 1 spiro atoms. The fourth-order valence-electron chi connectivity index (χ4n) is 5.12. The van der Waals surface area contributed by atoms with Crippen LogP contribution in [0.25, 0.3) is 0 Å². The first kappa shape index (κ1) is 26.6. The summed E-state index contributed by atoms with van der Waals surface area (Å²) in [5.74, 6) is -2.61. The lowest BCUT2D eigenvalue weighted by molar-refractivity contribution is -0.142. The number of rotatable bonds is 7. The van der Waals surface area contributed by atoms with Crippen LogP contribution in [0, 0.1) is 11.6 Å². The van der Waals surface area contributed by atoms with E-state index in [-0.39, 0.29) is 28.6 Å². The van der Waals surface area contributed by atoms with Crippen LogP contribution in [0.1, 0.15) is 27.9 Å². The summed E-state index contributed by atoms with van der Waals surface area (Å²) in [5, 5.41) is 2.44. The van der Waals surface area contributed by atoms with Crippen molar-refractivity contribution in [3.05, 3.63) is 87.9 Å². The van der Waals surface area contributed by atoms with Crippen molar-refractivity contribution in [3.63, 3.8) is 0 Å². The van der Waals surface area contributed by atoms with Gasteiger partial charge in [0.25, 0.3) is 5.91 Å². The molecule has 0 bridgehead atoms. The summed E-state index contributed by atoms with van der Waals surface area (Å²) in [6.45, 7) is 0.418. The molecule has 1 N–H and O–H groups in total. The van der Waals surface area contributed by atoms with E-state index >= 15 is 0 Å². The standard InChI is InChI=1S/C29H26ClF2N3O4/c1-34(2)24-13-23-18(12-21(24)32)29(14-25(29)36)15-35(23)17-9-7-16(8-10-17)11-22(28(38)39-3)33-27(37)26-19(30)5-4-6-20(26)31/h4-10,12-13,22H,11,14-15H2,1-3H3,(H,33,37). The first-order chi connectivity index (χ1) is 18.6. The first-order valence-corrected chi connectivity index (χ1v) is 12.7. The molecule has 39 heavy (non-hydrogen) atoms. The number of amides is 1. The number of carbonyl (C=O) groups is 3. The number of Topliss-reactive ketones (excluding diaryl/α,β-unsaturated/α-hetero) is 1. The monoisotopic (exact) mass is 553 g/mol. The predicted molar refractivity (Wildman–Crippen MR) is 144 cm³/mol. The van der Waals surface area contributed by atoms with Gasteiger partial charge in [-0.2, -0.15) is 0 Å². The summed E-state index contributed by atoms with van der Waals surface area (Å²) in [4.78, 5) is 41.3. The molecule has 0 aromatic heterocycles. The molecule has 5 rings (SSSR count). The molecule has 2 unspecified atom stereocenters. The van der Waals surface area contributed by atoms with Crippen LogP contribution in [-0.4, -0.2) is 51.5 Å². The predicted octanol–water partition coefficient (Wildman–Crippen LogP) is 4.56. The quantitative estimate of drug-likeness (QED) is 0.432. The summed E-state index contributed by atoms with van der Waals surface area (Å²) < 4.78 is 33.8. The van der Waals surface area contributed by atoms with E-state index in [1.165, 1.54) is 25.3 Å². The first-order valence-electron chi connectivity index (χ1n) is 12.3. The molecule has 1 saturated carbocycles. The maximum absolute atomic E-state index is 14.8. The van der Waals surface area contributed by atoms with Gasteiger partial charge in [0.05, 0.1) is 28.8 Å². The van der Waals surface area contributed by atoms with E-state index in [1.807, 2.05) is 17.0 Å². The van der Waals surface area contributed by atoms with Gasteiger partial charge in [0, 0.05) is 44.9 Å². The lowest BCUT2D eigenvalue weighted by Crippen LogP contribution is -2.43. The highest BCUT2D eigenvalue weighted by atomic mass is 35.5. The maximum Gasteiger partial charge on any atom is 0.328 e. The molecule has 3 aromatic carbocycles. The third-order valence-corrected chi connectivity index (χ3v) is 7.64. The van der Waals surface area contributed by atoms with Gasteiger partial charge in [0.15, 0.2) is 0 Å². The Hall–Kier alpha value is -3.98. The van der Waals surface area contributed by atoms with E-state index in [0.29, 0.717) is 29.8 Å². The Balaban J connectivity index is 1.39. The Labute approximate surface area is 229 Å². The molecular weight excluding hydrogens is 528 g/mol. The highest BCUT2D eigenvalue weighted by molar-refractivity contribution is 6.33. The zero-order chi connectivity index (χ0) is 28.1. The fraction of sp³-hybridized carbons (Fsp3) is 0.276. The molecule has 1 aliphatic carbocycles. The number of benzene rings is 3. The van der Waals surface area contributed by atoms with Crippen molar-refractivity contribution in [3.8, 4) is 0 Å². The van der Waals surface area contributed by atoms with Gasteiger partial charge in [-0.1, -0.05) is 29.8 Å². The van der Waals surface area contributed by atoms with E-state index in [2.05, 4.69) is 5.32 Å². The highest BCUT2D eigenvalue weighted by Crippen LogP contribution is 2.56. The van der Waals surface area contributed by atoms with Gasteiger partial charge >= 0.3 is 5.97 Å². The molecule has 202 valence electrons. The van der Waals surface area contributed by atoms with Crippen LogP contribution in [-0.2, 0) is 26.2 Å². The SMILES string of the molecule is COC(=O)C(Cc1ccc(N2CC3(CC3=O)c3cc(F)c(N(C)C)cc32)cc1)NC(=O)c1c(F)cccc1Cl. The number of ether oxygens (including phenoxy) is 1. The molecule has 0 saturated heterocycles. The molecule has 1 fully saturated rings. The van der Waals surface area contributed by atoms with E-state index in [9.17, 15) is 23.2 Å². The highest BCUT2D eigenvalue weighted by Gasteiger charge is 2.61. The minimum Gasteiger partial charge on any atom is -0.467 e. The van der Waals surface area contributed by atoms with Gasteiger partial charge in [-0.15, -0.1) is 0 Å². The Kier molecular flexibility index (Phi) is 6.80. The minimum absolute atomic E-state index is 0.0735. The number of methoxy groups -OCH3 is 1. The van der Waals surface area contributed by atoms with Gasteiger partial charge in [-0.3, -0.25) is 9.59 Å². The van der Waals surface area contributed by atoms with Crippen LogP contribution in [0.3, 0.4) is 0 Å². The molecule has 1 amide bonds. The largest absolute Gasteiger partial charge is 0.467 e. The van der Waals surface area contributed by atoms with Gasteiger partial charge in [0.1, 0.15) is 23.5 Å². The lowest BCUT2D eigenvalue weighted by Gasteiger charge is -2.23. The Morgan fingerprint density at radius 1 is 1.13 bits per heavy atom. The lowest BCUT2D eigenvalue weighted by atomic mass is 9.97. The van der Waals surface area contributed by atoms with Crippen molar-refractivity contribution < 1.29 is 27.9 Å². The Morgan fingerprint density at radius 2 is 1.82 bits per heavy atom. The number of fused-ring (bicyclic) bond motifs is 2. The van der Waals surface area contributed by atoms with Crippen molar-refractivity contribution in [2.45, 2.75) is 24.3 Å². The van der Waals surface area contributed by atoms with Crippen LogP contribution in [0.4, 0.5) is 25.8 Å². The fourth-order valence-corrected chi connectivity index (χ4v) is 5.37. The topological polar surface area (TPSA) is 79.0 Å². The number of esters is 1. The van der Waals surface area contributed by atoms with Crippen LogP contribution in [0.2, 0.25) is 5.02 Å². The van der Waals surface area contributed by atoms with E-state index in [4.69, 9.17) is 16.3 Å². The third-order valence-electron chi connectivity index (χ3n) is 7.32. The van der Waals surface area contributed by atoms with Crippen molar-refractivity contribution in [1.82, 2.24) is 5.32 Å². The molecule has 10 heteroatoms. The van der Waals surface area contributed by atoms with Crippen molar-refractivity contribution in [2.75, 3.05) is 37.5 Å². The van der Waals surface area contributed by atoms with E-state index in [1.54, 1.807) is 37.2 Å². The average Bonchev–Trinajstić information content (AvgIpc) is 3.45. The van der Waals surface area contributed by atoms with Gasteiger partial charge in [-0.05, 0) is 47.5 Å². The Morgan fingerprint density at radius 3 is 2.41 bits per heavy atom. The molecule has 0 radical (unpaired) electrons. The van der Waals surface area contributed by atoms with Crippen LogP contribution >= 0.6 is 11.6 Å². The number of hydrogen-bond acceptors (Lipinski definition) is 6. The number of ketones is 1. The van der Waals surface area contributed by atoms with Gasteiger partial charge < -0.3 is 19.9 Å². The van der Waals surface area contributed by atoms with Crippen LogP contribution in [0.15, 0.2) is 54.6 Å². The second kappa shape index (κ2) is 9.96. The number of nitrogens with zero attached hydrogens (tertiary/aromatic N) is 2. The summed E-state index contributed by atoms with van der Waals surface area (Å²) in [6, 6.07) is 13.3. The summed E-state index contributed by atoms with van der Waals surface area (Å²) in [5.41, 5.74) is 2.36. The molecule has 2 atom stereocenters. The molecule has 2 aliphatic rings. The third kappa shape index (κ3) is 4.71. The van der Waals surface area contributed by atoms with E-state index in [0.717, 1.165) is 17.4 Å². The zero-order valence-corrected chi connectivity index (χ0v) is 22.3. The number of nitrogens with one attached hydrogen (secondary N) is 1. The second-order valence-electron chi connectivity index (χ2n) is 10.00. The number of hydrogen-bond donors (Lipinski definition) is 1. The number of anilines is 3. The van der Waals surface area contributed by atoms with E-state index < -0.39 is 29.2 Å². The van der Waals surface area contributed by atoms with Crippen molar-refractivity contribution >= 4 is 46.3 Å². The molecule has 7 nitrogen and oxygen atoms in total. The Bertz CT molecular complexity index is 1470. The molecular formula is C29H26ClF2N3O4. The number of carbonyl (C=O) groups excluding carboxylic acids is 3. The smallest absolute Gasteiger partial charge is 0.328 e. The maximum atomic E-state index is 14.8.